The van der Waals surface area contributed by atoms with Gasteiger partial charge >= 0.3 is 24.3 Å². The number of H-pyrrole nitrogens is 1. The van der Waals surface area contributed by atoms with Crippen LogP contribution in [-0.2, 0) is 9.59 Å². The molecule has 0 aliphatic carbocycles. The number of aromatic amines is 1. The predicted molar refractivity (Wildman–Crippen MR) is 121 cm³/mol. The number of benzene rings is 1. The van der Waals surface area contributed by atoms with Gasteiger partial charge < -0.3 is 25.4 Å². The van der Waals surface area contributed by atoms with Crippen LogP contribution in [0.1, 0.15) is 5.56 Å². The average molecular weight is 532 g/mol. The minimum absolute atomic E-state index is 0.678. The summed E-state index contributed by atoms with van der Waals surface area (Å²) in [7, 11) is 0. The molecule has 2 fully saturated rings. The summed E-state index contributed by atoms with van der Waals surface area (Å²) in [6.45, 7) is 5.56. The number of pyridine rings is 1. The smallest absolute Gasteiger partial charge is 0.475 e. The molecule has 0 spiro atoms. The Labute approximate surface area is 205 Å². The number of halogens is 6. The first-order valence-electron chi connectivity index (χ1n) is 10.8. The van der Waals surface area contributed by atoms with Gasteiger partial charge in [-0.2, -0.15) is 26.3 Å². The van der Waals surface area contributed by atoms with Crippen molar-refractivity contribution in [3.05, 3.63) is 48.4 Å². The summed E-state index contributed by atoms with van der Waals surface area (Å²) in [6.07, 6.45) is -4.14. The molecule has 200 valence electrons. The number of hydrogen-bond acceptors (Lipinski definition) is 5. The second-order valence-electron chi connectivity index (χ2n) is 8.45. The summed E-state index contributed by atoms with van der Waals surface area (Å²) in [5.74, 6) is -4.70. The van der Waals surface area contributed by atoms with Gasteiger partial charge in [0.05, 0.1) is 11.9 Å². The number of aliphatic carboxylic acids is 2. The molecular formula is C23H22F6N4O4. The van der Waals surface area contributed by atoms with Crippen LogP contribution in [0.4, 0.5) is 32.0 Å². The molecule has 2 aliphatic rings. The summed E-state index contributed by atoms with van der Waals surface area (Å²) in [5, 5.41) is 19.0. The van der Waals surface area contributed by atoms with Crippen molar-refractivity contribution < 1.29 is 46.1 Å². The Bertz CT molecular complexity index is 1240. The summed E-state index contributed by atoms with van der Waals surface area (Å²) in [5.41, 5.74) is 6.14. The predicted octanol–water partition coefficient (Wildman–Crippen LogP) is 4.21. The zero-order valence-corrected chi connectivity index (χ0v) is 19.2. The van der Waals surface area contributed by atoms with E-state index in [1.54, 1.807) is 0 Å². The van der Waals surface area contributed by atoms with Crippen LogP contribution in [0.5, 0.6) is 0 Å². The summed E-state index contributed by atoms with van der Waals surface area (Å²) in [4.78, 5) is 28.1. The highest BCUT2D eigenvalue weighted by Crippen LogP contribution is 2.31. The van der Waals surface area contributed by atoms with Gasteiger partial charge in [-0.3, -0.25) is 4.98 Å². The van der Waals surface area contributed by atoms with Gasteiger partial charge in [0, 0.05) is 60.5 Å². The lowest BCUT2D eigenvalue weighted by Gasteiger charge is -2.29. The van der Waals surface area contributed by atoms with E-state index in [2.05, 4.69) is 57.6 Å². The van der Waals surface area contributed by atoms with E-state index in [9.17, 15) is 26.3 Å². The molecule has 0 amide bonds. The van der Waals surface area contributed by atoms with E-state index in [0.29, 0.717) is 6.04 Å². The molecule has 3 aromatic rings. The summed E-state index contributed by atoms with van der Waals surface area (Å²) < 4.78 is 63.5. The molecule has 2 aliphatic heterocycles. The van der Waals surface area contributed by atoms with Crippen molar-refractivity contribution in [1.29, 1.82) is 0 Å². The third kappa shape index (κ3) is 6.90. The maximum absolute atomic E-state index is 10.6. The Morgan fingerprint density at radius 2 is 1.59 bits per heavy atom. The highest BCUT2D eigenvalue weighted by atomic mass is 19.4. The molecule has 5 rings (SSSR count). The topological polar surface area (TPSA) is 119 Å². The maximum atomic E-state index is 10.6. The molecule has 0 unspecified atom stereocenters. The fraction of sp³-hybridized carbons (Fsp3) is 0.348. The molecule has 0 saturated carbocycles. The van der Waals surface area contributed by atoms with E-state index in [4.69, 9.17) is 19.8 Å². The minimum atomic E-state index is -5.08. The van der Waals surface area contributed by atoms with Crippen molar-refractivity contribution in [3.63, 3.8) is 0 Å². The standard InChI is InChI=1S/C19H20N4.2C2HF3O2/c1-12-6-21-18-3-2-13(5-17(12)18)14-4-16(9-20-7-14)23-10-15-8-22-19(15)11-23;2*3-2(4,5)1(6)7/h2-7,9,15,19,21-22H,8,10-11H2,1H3;2*(H,6,7)/t15-,19+;;/m0../s1. The lowest BCUT2D eigenvalue weighted by atomic mass is 9.96. The first-order valence-corrected chi connectivity index (χ1v) is 10.8. The average Bonchev–Trinajstić information content (AvgIpc) is 3.32. The molecule has 37 heavy (non-hydrogen) atoms. The van der Waals surface area contributed by atoms with E-state index in [1.807, 2.05) is 12.4 Å². The Morgan fingerprint density at radius 1 is 0.973 bits per heavy atom. The van der Waals surface area contributed by atoms with Crippen molar-refractivity contribution in [3.8, 4) is 11.1 Å². The number of aryl methyl sites for hydroxylation is 1. The number of carboxylic acids is 2. The number of aromatic nitrogens is 2. The van der Waals surface area contributed by atoms with E-state index >= 15 is 0 Å². The van der Waals surface area contributed by atoms with Gasteiger partial charge in [-0.05, 0) is 36.2 Å². The number of anilines is 1. The first-order chi connectivity index (χ1) is 17.2. The normalized spacial score (nSPS) is 18.6. The molecule has 4 N–H and O–H groups in total. The second-order valence-corrected chi connectivity index (χ2v) is 8.45. The van der Waals surface area contributed by atoms with Gasteiger partial charge in [-0.15, -0.1) is 0 Å². The van der Waals surface area contributed by atoms with Crippen LogP contribution in [0.3, 0.4) is 0 Å². The molecule has 4 heterocycles. The van der Waals surface area contributed by atoms with Gasteiger partial charge in [0.25, 0.3) is 0 Å². The zero-order chi connectivity index (χ0) is 27.5. The van der Waals surface area contributed by atoms with Gasteiger partial charge in [-0.1, -0.05) is 6.07 Å². The van der Waals surface area contributed by atoms with Crippen LogP contribution < -0.4 is 10.2 Å². The quantitative estimate of drug-likeness (QED) is 0.365. The number of alkyl halides is 6. The fourth-order valence-electron chi connectivity index (χ4n) is 3.86. The lowest BCUT2D eigenvalue weighted by molar-refractivity contribution is -0.193. The number of fused-ring (bicyclic) bond motifs is 2. The lowest BCUT2D eigenvalue weighted by Crippen LogP contribution is -2.51. The Morgan fingerprint density at radius 3 is 2.08 bits per heavy atom. The zero-order valence-electron chi connectivity index (χ0n) is 19.2. The Balaban J connectivity index is 0.000000227. The molecule has 14 heteroatoms. The third-order valence-electron chi connectivity index (χ3n) is 5.88. The number of hydrogen-bond donors (Lipinski definition) is 4. The highest BCUT2D eigenvalue weighted by molar-refractivity contribution is 5.88. The van der Waals surface area contributed by atoms with Crippen LogP contribution in [0.15, 0.2) is 42.9 Å². The molecule has 0 radical (unpaired) electrons. The number of nitrogens with one attached hydrogen (secondary N) is 2. The number of carboxylic acid groups (broad SMARTS) is 2. The number of carbonyl (C=O) groups is 2. The van der Waals surface area contributed by atoms with Crippen LogP contribution in [0.25, 0.3) is 22.0 Å². The van der Waals surface area contributed by atoms with Crippen LogP contribution >= 0.6 is 0 Å². The van der Waals surface area contributed by atoms with Crippen LogP contribution in [0.2, 0.25) is 0 Å². The van der Waals surface area contributed by atoms with E-state index < -0.39 is 24.3 Å². The fourth-order valence-corrected chi connectivity index (χ4v) is 3.86. The Kier molecular flexibility index (Phi) is 8.00. The molecule has 8 nitrogen and oxygen atoms in total. The first kappa shape index (κ1) is 27.8. The van der Waals surface area contributed by atoms with Gasteiger partial charge in [0.1, 0.15) is 0 Å². The monoisotopic (exact) mass is 532 g/mol. The van der Waals surface area contributed by atoms with Crippen molar-refractivity contribution >= 4 is 28.5 Å². The van der Waals surface area contributed by atoms with Gasteiger partial charge in [-0.25, -0.2) is 9.59 Å². The van der Waals surface area contributed by atoms with Crippen molar-refractivity contribution in [2.24, 2.45) is 5.92 Å². The molecular weight excluding hydrogens is 510 g/mol. The van der Waals surface area contributed by atoms with Gasteiger partial charge in [0.2, 0.25) is 0 Å². The summed E-state index contributed by atoms with van der Waals surface area (Å²) >= 11 is 0. The van der Waals surface area contributed by atoms with Crippen molar-refractivity contribution in [1.82, 2.24) is 15.3 Å². The molecule has 2 atom stereocenters. The number of nitrogens with zero attached hydrogens (tertiary/aromatic N) is 2. The van der Waals surface area contributed by atoms with E-state index in [-0.39, 0.29) is 0 Å². The van der Waals surface area contributed by atoms with E-state index in [0.717, 1.165) is 25.6 Å². The number of rotatable bonds is 2. The van der Waals surface area contributed by atoms with Crippen molar-refractivity contribution in [2.75, 3.05) is 24.5 Å². The van der Waals surface area contributed by atoms with Crippen LogP contribution in [0, 0.1) is 12.8 Å². The molecule has 0 bridgehead atoms. The molecule has 2 saturated heterocycles. The third-order valence-corrected chi connectivity index (χ3v) is 5.88. The largest absolute Gasteiger partial charge is 0.490 e. The van der Waals surface area contributed by atoms with Gasteiger partial charge in [0.15, 0.2) is 0 Å². The second kappa shape index (κ2) is 10.7. The minimum Gasteiger partial charge on any atom is -0.475 e. The van der Waals surface area contributed by atoms with Crippen LogP contribution in [-0.4, -0.2) is 70.1 Å². The van der Waals surface area contributed by atoms with E-state index in [1.165, 1.54) is 33.3 Å². The van der Waals surface area contributed by atoms with Crippen molar-refractivity contribution in [2.45, 2.75) is 25.3 Å². The molecule has 2 aromatic heterocycles. The summed E-state index contributed by atoms with van der Waals surface area (Å²) in [6, 6.07) is 9.55. The molecule has 1 aromatic carbocycles. The SMILES string of the molecule is Cc1c[nH]c2ccc(-c3cncc(N4C[C@@H]5CN[C@@H]5C4)c3)cc12.O=C(O)C(F)(F)F.O=C(O)C(F)(F)F. The maximum Gasteiger partial charge on any atom is 0.490 e. The Hall–Kier alpha value is -3.81. The highest BCUT2D eigenvalue weighted by Gasteiger charge is 2.40.